The van der Waals surface area contributed by atoms with E-state index in [1.54, 1.807) is 49.5 Å². The van der Waals surface area contributed by atoms with Crippen LogP contribution in [0, 0.1) is 6.92 Å². The minimum Gasteiger partial charge on any atom is -0.495 e. The number of unbranched alkanes of at least 4 members (excludes halogenated alkanes) is 1. The number of H-pyrrole nitrogens is 1. The SMILES string of the molecule is COc1cc(C(=O)N(C)c2ccc(C)cc2OCCCCC(=C=O)N2CCN(C)CC2)ccc1NC(=O)c1cccc2[nH]c(C(N)=O)cc12. The average Bonchev–Trinajstić information content (AvgIpc) is 3.55. The highest BCUT2D eigenvalue weighted by Crippen LogP contribution is 2.32. The molecule has 12 heteroatoms. The van der Waals surface area contributed by atoms with Gasteiger partial charge in [-0.25, -0.2) is 4.79 Å². The summed E-state index contributed by atoms with van der Waals surface area (Å²) in [6.45, 7) is 5.91. The lowest BCUT2D eigenvalue weighted by molar-refractivity contribution is 0.0986. The number of rotatable bonds is 13. The number of benzene rings is 3. The van der Waals surface area contributed by atoms with Gasteiger partial charge >= 0.3 is 0 Å². The van der Waals surface area contributed by atoms with E-state index in [2.05, 4.69) is 33.1 Å². The number of likely N-dealkylation sites (N-methyl/N-ethyl adjacent to an activating group) is 1. The number of carbonyl (C=O) groups is 3. The third-order valence-electron chi connectivity index (χ3n) is 8.72. The number of hydrogen-bond acceptors (Lipinski definition) is 8. The maximum Gasteiger partial charge on any atom is 0.265 e. The molecular weight excluding hydrogens is 624 g/mol. The highest BCUT2D eigenvalue weighted by molar-refractivity contribution is 6.14. The van der Waals surface area contributed by atoms with E-state index in [0.29, 0.717) is 63.6 Å². The summed E-state index contributed by atoms with van der Waals surface area (Å²) >= 11 is 0. The fraction of sp³-hybridized carbons (Fsp3) is 0.324. The van der Waals surface area contributed by atoms with E-state index in [4.69, 9.17) is 15.2 Å². The van der Waals surface area contributed by atoms with Gasteiger partial charge in [0.15, 0.2) is 0 Å². The van der Waals surface area contributed by atoms with Crippen molar-refractivity contribution >= 4 is 45.9 Å². The lowest BCUT2D eigenvalue weighted by Gasteiger charge is -2.34. The highest BCUT2D eigenvalue weighted by atomic mass is 16.5. The van der Waals surface area contributed by atoms with E-state index in [-0.39, 0.29) is 11.6 Å². The zero-order valence-corrected chi connectivity index (χ0v) is 28.3. The fourth-order valence-electron chi connectivity index (χ4n) is 5.85. The minimum atomic E-state index is -0.627. The molecule has 49 heavy (non-hydrogen) atoms. The molecule has 4 aromatic rings. The fourth-order valence-corrected chi connectivity index (χ4v) is 5.85. The molecule has 0 saturated carbocycles. The maximum absolute atomic E-state index is 13.7. The van der Waals surface area contributed by atoms with Crippen LogP contribution < -0.4 is 25.4 Å². The first-order valence-corrected chi connectivity index (χ1v) is 16.2. The normalized spacial score (nSPS) is 13.1. The standard InChI is InChI=1S/C37H42N6O6/c1-24-11-14-32(34(20-24)49-19-6-5-8-26(23-44)43-17-15-41(2)16-18-43)42(3)37(47)25-12-13-30(33(21-25)48-4)40-36(46)27-9-7-10-29-28(27)22-31(39-29)35(38)45/h7,9-14,20-22,39H,5-6,8,15-19H2,1-4H3,(H2,38,45)(H,40,46). The van der Waals surface area contributed by atoms with Gasteiger partial charge in [0.25, 0.3) is 17.7 Å². The summed E-state index contributed by atoms with van der Waals surface area (Å²) < 4.78 is 11.7. The van der Waals surface area contributed by atoms with E-state index in [0.717, 1.165) is 44.6 Å². The smallest absolute Gasteiger partial charge is 0.265 e. The molecule has 1 aliphatic rings. The second kappa shape index (κ2) is 15.5. The number of hydrogen-bond donors (Lipinski definition) is 3. The number of anilines is 2. The Bertz CT molecular complexity index is 1900. The molecule has 1 saturated heterocycles. The summed E-state index contributed by atoms with van der Waals surface area (Å²) in [5.74, 6) is 1.67. The van der Waals surface area contributed by atoms with E-state index in [1.807, 2.05) is 25.1 Å². The van der Waals surface area contributed by atoms with Crippen LogP contribution in [0.25, 0.3) is 10.9 Å². The molecule has 1 fully saturated rings. The number of piperazine rings is 1. The molecule has 0 bridgehead atoms. The Hall–Kier alpha value is -5.58. The molecule has 1 aromatic heterocycles. The molecule has 4 N–H and O–H groups in total. The molecule has 0 radical (unpaired) electrons. The number of ether oxygens (including phenoxy) is 2. The molecule has 12 nitrogen and oxygen atoms in total. The van der Waals surface area contributed by atoms with Crippen molar-refractivity contribution in [3.8, 4) is 11.5 Å². The van der Waals surface area contributed by atoms with E-state index in [1.165, 1.54) is 12.0 Å². The molecule has 0 aliphatic carbocycles. The molecule has 2 heterocycles. The summed E-state index contributed by atoms with van der Waals surface area (Å²) in [6, 6.07) is 17.1. The van der Waals surface area contributed by atoms with E-state index in [9.17, 15) is 19.2 Å². The number of fused-ring (bicyclic) bond motifs is 1. The van der Waals surface area contributed by atoms with Crippen molar-refractivity contribution in [2.24, 2.45) is 5.73 Å². The molecule has 0 spiro atoms. The number of allylic oxidation sites excluding steroid dienone is 1. The predicted molar refractivity (Wildman–Crippen MR) is 189 cm³/mol. The topological polar surface area (TPSA) is 150 Å². The Morgan fingerprint density at radius 1 is 1.00 bits per heavy atom. The number of nitrogens with zero attached hydrogens (tertiary/aromatic N) is 3. The number of amides is 3. The van der Waals surface area contributed by atoms with Crippen LogP contribution in [0.4, 0.5) is 11.4 Å². The van der Waals surface area contributed by atoms with Crippen LogP contribution in [-0.2, 0) is 4.79 Å². The van der Waals surface area contributed by atoms with Crippen LogP contribution in [0.5, 0.6) is 11.5 Å². The van der Waals surface area contributed by atoms with Gasteiger partial charge in [0.05, 0.1) is 30.8 Å². The number of carbonyl (C=O) groups excluding carboxylic acids is 4. The monoisotopic (exact) mass is 666 g/mol. The van der Waals surface area contributed by atoms with Crippen LogP contribution in [0.3, 0.4) is 0 Å². The molecule has 3 amide bonds. The van der Waals surface area contributed by atoms with Gasteiger partial charge in [0.1, 0.15) is 23.1 Å². The van der Waals surface area contributed by atoms with Crippen LogP contribution in [-0.4, -0.2) is 92.4 Å². The van der Waals surface area contributed by atoms with Crippen molar-refractivity contribution in [3.63, 3.8) is 0 Å². The Morgan fingerprint density at radius 2 is 1.78 bits per heavy atom. The summed E-state index contributed by atoms with van der Waals surface area (Å²) in [4.78, 5) is 59.1. The van der Waals surface area contributed by atoms with Crippen LogP contribution >= 0.6 is 0 Å². The summed E-state index contributed by atoms with van der Waals surface area (Å²) in [6.07, 6.45) is 2.16. The number of nitrogens with two attached hydrogens (primary N) is 1. The van der Waals surface area contributed by atoms with Crippen LogP contribution in [0.15, 0.2) is 66.4 Å². The van der Waals surface area contributed by atoms with Gasteiger partial charge in [-0.15, -0.1) is 0 Å². The lowest BCUT2D eigenvalue weighted by atomic mass is 10.1. The Balaban J connectivity index is 1.23. The second-order valence-corrected chi connectivity index (χ2v) is 12.2. The number of methoxy groups -OCH3 is 1. The molecule has 0 atom stereocenters. The number of primary amides is 1. The number of nitrogens with one attached hydrogen (secondary N) is 2. The number of aromatic amines is 1. The van der Waals surface area contributed by atoms with Gasteiger partial charge in [-0.05, 0) is 87.3 Å². The molecular formula is C37H42N6O6. The largest absolute Gasteiger partial charge is 0.495 e. The first-order chi connectivity index (χ1) is 23.6. The Labute approximate surface area is 285 Å². The van der Waals surface area contributed by atoms with E-state index >= 15 is 0 Å². The van der Waals surface area contributed by atoms with Crippen molar-refractivity contribution in [2.45, 2.75) is 26.2 Å². The van der Waals surface area contributed by atoms with Gasteiger partial charge < -0.3 is 40.2 Å². The maximum atomic E-state index is 13.7. The molecule has 1 aliphatic heterocycles. The molecule has 256 valence electrons. The van der Waals surface area contributed by atoms with Crippen LogP contribution in [0.1, 0.15) is 56.0 Å². The minimum absolute atomic E-state index is 0.198. The molecule has 5 rings (SSSR count). The summed E-state index contributed by atoms with van der Waals surface area (Å²) in [7, 11) is 5.22. The van der Waals surface area contributed by atoms with Crippen molar-refractivity contribution in [1.82, 2.24) is 14.8 Å². The van der Waals surface area contributed by atoms with Gasteiger partial charge in [-0.1, -0.05) is 12.1 Å². The lowest BCUT2D eigenvalue weighted by Crippen LogP contribution is -2.44. The van der Waals surface area contributed by atoms with Crippen molar-refractivity contribution < 1.29 is 28.7 Å². The summed E-state index contributed by atoms with van der Waals surface area (Å²) in [5, 5.41) is 3.40. The average molecular weight is 667 g/mol. The third-order valence-corrected chi connectivity index (χ3v) is 8.72. The second-order valence-electron chi connectivity index (χ2n) is 12.2. The number of aryl methyl sites for hydroxylation is 1. The number of aromatic nitrogens is 1. The van der Waals surface area contributed by atoms with E-state index < -0.39 is 11.8 Å². The summed E-state index contributed by atoms with van der Waals surface area (Å²) in [5.41, 5.74) is 9.57. The van der Waals surface area contributed by atoms with Crippen LogP contribution in [0.2, 0.25) is 0 Å². The predicted octanol–water partition coefficient (Wildman–Crippen LogP) is 4.62. The molecule has 3 aromatic carbocycles. The molecule has 0 unspecified atom stereocenters. The Morgan fingerprint density at radius 3 is 2.49 bits per heavy atom. The van der Waals surface area contributed by atoms with Crippen molar-refractivity contribution in [1.29, 1.82) is 0 Å². The van der Waals surface area contributed by atoms with Gasteiger partial charge in [-0.2, -0.15) is 0 Å². The zero-order valence-electron chi connectivity index (χ0n) is 28.3. The first-order valence-electron chi connectivity index (χ1n) is 16.2. The third kappa shape index (κ3) is 8.11. The highest BCUT2D eigenvalue weighted by Gasteiger charge is 2.21. The van der Waals surface area contributed by atoms with Crippen molar-refractivity contribution in [3.05, 3.63) is 88.7 Å². The zero-order chi connectivity index (χ0) is 35.1. The van der Waals surface area contributed by atoms with Gasteiger partial charge in [0.2, 0.25) is 0 Å². The first kappa shape index (κ1) is 34.7. The van der Waals surface area contributed by atoms with Crippen molar-refractivity contribution in [2.75, 3.05) is 64.2 Å². The Kier molecular flexibility index (Phi) is 11.0. The van der Waals surface area contributed by atoms with Gasteiger partial charge in [-0.3, -0.25) is 14.4 Å². The quantitative estimate of drug-likeness (QED) is 0.138. The van der Waals surface area contributed by atoms with Gasteiger partial charge in [0, 0.05) is 55.3 Å².